The smallest absolute Gasteiger partial charge is 0.338 e. The molecule has 0 spiro atoms. The van der Waals surface area contributed by atoms with Gasteiger partial charge >= 0.3 is 5.97 Å². The summed E-state index contributed by atoms with van der Waals surface area (Å²) in [6.45, 7) is 0. The van der Waals surface area contributed by atoms with Crippen molar-refractivity contribution < 1.29 is 23.5 Å². The maximum Gasteiger partial charge on any atom is 0.338 e. The van der Waals surface area contributed by atoms with Gasteiger partial charge in [-0.1, -0.05) is 29.8 Å². The summed E-state index contributed by atoms with van der Waals surface area (Å²) in [7, 11) is 0. The highest BCUT2D eigenvalue weighted by Crippen LogP contribution is 2.38. The Morgan fingerprint density at radius 2 is 1.86 bits per heavy atom. The van der Waals surface area contributed by atoms with Crippen LogP contribution in [0.1, 0.15) is 35.2 Å². The predicted molar refractivity (Wildman–Crippen MR) is 102 cm³/mol. The Kier molecular flexibility index (Phi) is 5.18. The summed E-state index contributed by atoms with van der Waals surface area (Å²) in [6, 6.07) is 12.4. The van der Waals surface area contributed by atoms with Gasteiger partial charge in [-0.15, -0.1) is 0 Å². The second-order valence-corrected chi connectivity index (χ2v) is 7.41. The van der Waals surface area contributed by atoms with Crippen molar-refractivity contribution in [2.75, 3.05) is 0 Å². The van der Waals surface area contributed by atoms with E-state index in [9.17, 15) is 14.0 Å². The van der Waals surface area contributed by atoms with Gasteiger partial charge in [0.05, 0.1) is 23.3 Å². The van der Waals surface area contributed by atoms with Crippen molar-refractivity contribution in [3.05, 3.63) is 76.8 Å². The van der Waals surface area contributed by atoms with Gasteiger partial charge in [-0.3, -0.25) is 4.79 Å². The summed E-state index contributed by atoms with van der Waals surface area (Å²) in [4.78, 5) is 25.2. The van der Waals surface area contributed by atoms with Crippen LogP contribution in [0.4, 0.5) is 4.39 Å². The fraction of sp³-hybridized carbons (Fsp3) is 0.273. The zero-order chi connectivity index (χ0) is 19.7. The number of carbonyl (C=O) groups is 2. The lowest BCUT2D eigenvalue weighted by atomic mass is 9.78. The summed E-state index contributed by atoms with van der Waals surface area (Å²) in [6.07, 6.45) is 2.36. The molecular weight excluding hydrogens is 383 g/mol. The molecular formula is C22H18ClFO4. The SMILES string of the molecule is O=C(OC1CCC2C(=O)C(c3ccccc3Cl)=COC2C1)c1ccc(F)cc1. The number of allylic oxidation sites excluding steroid dienone is 1. The fourth-order valence-corrected chi connectivity index (χ4v) is 3.98. The number of hydrogen-bond acceptors (Lipinski definition) is 4. The number of ketones is 1. The minimum atomic E-state index is -0.502. The Morgan fingerprint density at radius 1 is 1.11 bits per heavy atom. The predicted octanol–water partition coefficient (Wildman–Crippen LogP) is 4.81. The molecule has 0 saturated heterocycles. The molecule has 2 aliphatic rings. The van der Waals surface area contributed by atoms with E-state index in [1.165, 1.54) is 30.5 Å². The fourth-order valence-electron chi connectivity index (χ4n) is 3.74. The van der Waals surface area contributed by atoms with E-state index in [2.05, 4.69) is 0 Å². The van der Waals surface area contributed by atoms with Crippen molar-refractivity contribution >= 4 is 28.9 Å². The van der Waals surface area contributed by atoms with Crippen LogP contribution < -0.4 is 0 Å². The molecule has 1 aliphatic heterocycles. The molecule has 0 radical (unpaired) electrons. The minimum Gasteiger partial charge on any atom is -0.496 e. The van der Waals surface area contributed by atoms with Crippen LogP contribution in [-0.4, -0.2) is 24.0 Å². The first kappa shape index (κ1) is 18.7. The third-order valence-electron chi connectivity index (χ3n) is 5.22. The van der Waals surface area contributed by atoms with Crippen LogP contribution in [-0.2, 0) is 14.3 Å². The van der Waals surface area contributed by atoms with Crippen molar-refractivity contribution in [1.29, 1.82) is 0 Å². The molecule has 6 heteroatoms. The average molecular weight is 401 g/mol. The molecule has 2 aromatic carbocycles. The number of carbonyl (C=O) groups excluding carboxylic acids is 2. The molecule has 1 heterocycles. The summed E-state index contributed by atoms with van der Waals surface area (Å²) >= 11 is 6.22. The van der Waals surface area contributed by atoms with Gasteiger partial charge in [0.1, 0.15) is 18.0 Å². The van der Waals surface area contributed by atoms with Gasteiger partial charge in [0.25, 0.3) is 0 Å². The van der Waals surface area contributed by atoms with Crippen LogP contribution in [0.15, 0.2) is 54.8 Å². The van der Waals surface area contributed by atoms with Crippen LogP contribution in [0, 0.1) is 11.7 Å². The lowest BCUT2D eigenvalue weighted by Crippen LogP contribution is -2.42. The average Bonchev–Trinajstić information content (AvgIpc) is 2.69. The lowest BCUT2D eigenvalue weighted by molar-refractivity contribution is -0.126. The molecule has 4 rings (SSSR count). The normalized spacial score (nSPS) is 24.0. The molecule has 0 amide bonds. The van der Waals surface area contributed by atoms with Crippen LogP contribution in [0.5, 0.6) is 0 Å². The first-order chi connectivity index (χ1) is 13.5. The van der Waals surface area contributed by atoms with Gasteiger partial charge in [-0.05, 0) is 43.2 Å². The van der Waals surface area contributed by atoms with Gasteiger partial charge < -0.3 is 9.47 Å². The quantitative estimate of drug-likeness (QED) is 0.693. The molecule has 3 unspecified atom stereocenters. The van der Waals surface area contributed by atoms with Crippen molar-refractivity contribution in [2.24, 2.45) is 5.92 Å². The lowest BCUT2D eigenvalue weighted by Gasteiger charge is -2.37. The standard InChI is InChI=1S/C22H18ClFO4/c23-19-4-2-1-3-16(19)18-12-27-20-11-15(9-10-17(20)21(18)25)28-22(26)13-5-7-14(24)8-6-13/h1-8,12,15,17,20H,9-11H2. The van der Waals surface area contributed by atoms with Gasteiger partial charge in [-0.25, -0.2) is 9.18 Å². The molecule has 28 heavy (non-hydrogen) atoms. The molecule has 2 aromatic rings. The van der Waals surface area contributed by atoms with Crippen molar-refractivity contribution in [2.45, 2.75) is 31.5 Å². The van der Waals surface area contributed by atoms with Gasteiger partial charge in [0.2, 0.25) is 0 Å². The molecule has 4 nitrogen and oxygen atoms in total. The number of benzene rings is 2. The van der Waals surface area contributed by atoms with Crippen LogP contribution in [0.2, 0.25) is 5.02 Å². The number of halogens is 2. The van der Waals surface area contributed by atoms with Crippen LogP contribution >= 0.6 is 11.6 Å². The monoisotopic (exact) mass is 400 g/mol. The highest BCUT2D eigenvalue weighted by atomic mass is 35.5. The van der Waals surface area contributed by atoms with E-state index in [0.717, 1.165) is 0 Å². The Balaban J connectivity index is 1.44. The largest absolute Gasteiger partial charge is 0.496 e. The molecule has 0 bridgehead atoms. The Morgan fingerprint density at radius 3 is 2.61 bits per heavy atom. The molecule has 0 N–H and O–H groups in total. The molecule has 1 aliphatic carbocycles. The van der Waals surface area contributed by atoms with E-state index < -0.39 is 11.8 Å². The first-order valence-corrected chi connectivity index (χ1v) is 9.52. The van der Waals surface area contributed by atoms with E-state index in [0.29, 0.717) is 41.0 Å². The summed E-state index contributed by atoms with van der Waals surface area (Å²) < 4.78 is 24.4. The first-order valence-electron chi connectivity index (χ1n) is 9.14. The van der Waals surface area contributed by atoms with E-state index in [1.807, 2.05) is 12.1 Å². The topological polar surface area (TPSA) is 52.6 Å². The van der Waals surface area contributed by atoms with E-state index in [-0.39, 0.29) is 23.9 Å². The second kappa shape index (κ2) is 7.76. The Bertz CT molecular complexity index is 938. The van der Waals surface area contributed by atoms with E-state index in [4.69, 9.17) is 21.1 Å². The van der Waals surface area contributed by atoms with E-state index >= 15 is 0 Å². The maximum atomic E-state index is 13.0. The number of ether oxygens (including phenoxy) is 2. The zero-order valence-electron chi connectivity index (χ0n) is 14.9. The van der Waals surface area contributed by atoms with Gasteiger partial charge in [0, 0.05) is 17.0 Å². The summed E-state index contributed by atoms with van der Waals surface area (Å²) in [5.41, 5.74) is 1.44. The molecule has 0 aromatic heterocycles. The highest BCUT2D eigenvalue weighted by molar-refractivity contribution is 6.35. The summed E-state index contributed by atoms with van der Waals surface area (Å²) in [5.74, 6) is -1.19. The number of esters is 1. The third kappa shape index (κ3) is 3.67. The number of hydrogen-bond donors (Lipinski definition) is 0. The third-order valence-corrected chi connectivity index (χ3v) is 5.55. The Hall–Kier alpha value is -2.66. The highest BCUT2D eigenvalue weighted by Gasteiger charge is 2.41. The minimum absolute atomic E-state index is 0.00709. The second-order valence-electron chi connectivity index (χ2n) is 7.00. The number of Topliss-reactive ketones (excluding diaryl/α,β-unsaturated/α-hetero) is 1. The molecule has 1 saturated carbocycles. The van der Waals surface area contributed by atoms with Crippen molar-refractivity contribution in [3.8, 4) is 0 Å². The van der Waals surface area contributed by atoms with Crippen LogP contribution in [0.3, 0.4) is 0 Å². The zero-order valence-corrected chi connectivity index (χ0v) is 15.7. The van der Waals surface area contributed by atoms with Gasteiger partial charge in [0.15, 0.2) is 5.78 Å². The molecule has 1 fully saturated rings. The Labute approximate surface area is 166 Å². The van der Waals surface area contributed by atoms with Crippen molar-refractivity contribution in [3.63, 3.8) is 0 Å². The number of fused-ring (bicyclic) bond motifs is 1. The number of rotatable bonds is 3. The molecule has 3 atom stereocenters. The van der Waals surface area contributed by atoms with E-state index in [1.54, 1.807) is 12.1 Å². The maximum absolute atomic E-state index is 13.0. The van der Waals surface area contributed by atoms with Crippen LogP contribution in [0.25, 0.3) is 5.57 Å². The van der Waals surface area contributed by atoms with Gasteiger partial charge in [-0.2, -0.15) is 0 Å². The summed E-state index contributed by atoms with van der Waals surface area (Å²) in [5, 5.41) is 0.506. The molecule has 144 valence electrons. The van der Waals surface area contributed by atoms with Crippen molar-refractivity contribution in [1.82, 2.24) is 0 Å².